The van der Waals surface area contributed by atoms with Crippen molar-refractivity contribution >= 4 is 34.9 Å². The minimum Gasteiger partial charge on any atom is -0.459 e. The van der Waals surface area contributed by atoms with Gasteiger partial charge in [-0.2, -0.15) is 0 Å². The number of anilines is 2. The number of oxazole rings is 1. The van der Waals surface area contributed by atoms with Gasteiger partial charge in [0.15, 0.2) is 5.76 Å². The van der Waals surface area contributed by atoms with E-state index in [0.29, 0.717) is 30.2 Å². The van der Waals surface area contributed by atoms with Crippen molar-refractivity contribution in [2.24, 2.45) is 0 Å². The topological polar surface area (TPSA) is 109 Å². The van der Waals surface area contributed by atoms with Gasteiger partial charge in [0.2, 0.25) is 5.89 Å². The zero-order chi connectivity index (χ0) is 22.3. The zero-order valence-electron chi connectivity index (χ0n) is 16.8. The van der Waals surface area contributed by atoms with Gasteiger partial charge in [0, 0.05) is 24.2 Å². The molecule has 8 nitrogen and oxygen atoms in total. The first-order valence-corrected chi connectivity index (χ1v) is 10.2. The monoisotopic (exact) mass is 450 g/mol. The Kier molecular flexibility index (Phi) is 6.52. The van der Waals surface area contributed by atoms with Crippen LogP contribution < -0.4 is 16.0 Å². The number of carbonyl (C=O) groups is 2. The Balaban J connectivity index is 1.26. The van der Waals surface area contributed by atoms with Gasteiger partial charge in [-0.3, -0.25) is 4.79 Å². The van der Waals surface area contributed by atoms with E-state index in [1.807, 2.05) is 30.3 Å². The van der Waals surface area contributed by atoms with Gasteiger partial charge >= 0.3 is 6.03 Å². The second kappa shape index (κ2) is 9.84. The molecule has 0 fully saturated rings. The molecule has 2 heterocycles. The summed E-state index contributed by atoms with van der Waals surface area (Å²) in [4.78, 5) is 28.6. The molecule has 162 valence electrons. The van der Waals surface area contributed by atoms with Crippen LogP contribution in [-0.2, 0) is 6.42 Å². The molecule has 0 radical (unpaired) electrons. The summed E-state index contributed by atoms with van der Waals surface area (Å²) in [5, 5.41) is 8.38. The summed E-state index contributed by atoms with van der Waals surface area (Å²) in [7, 11) is 0. The number of hydrogen-bond donors (Lipinski definition) is 3. The molecule has 0 saturated heterocycles. The molecular weight excluding hydrogens is 432 g/mol. The summed E-state index contributed by atoms with van der Waals surface area (Å²) in [6.45, 7) is 0.373. The first-order chi connectivity index (χ1) is 15.6. The predicted octanol–water partition coefficient (Wildman–Crippen LogP) is 5.20. The lowest BCUT2D eigenvalue weighted by Crippen LogP contribution is -2.30. The number of amides is 3. The van der Waals surface area contributed by atoms with E-state index < -0.39 is 5.91 Å². The second-order valence-corrected chi connectivity index (χ2v) is 7.17. The summed E-state index contributed by atoms with van der Waals surface area (Å²) in [5.74, 6) is 0.295. The van der Waals surface area contributed by atoms with Gasteiger partial charge in [-0.15, -0.1) is 0 Å². The smallest absolute Gasteiger partial charge is 0.319 e. The zero-order valence-corrected chi connectivity index (χ0v) is 17.6. The van der Waals surface area contributed by atoms with Crippen molar-refractivity contribution in [2.45, 2.75) is 6.42 Å². The van der Waals surface area contributed by atoms with Crippen LogP contribution in [0.25, 0.3) is 11.5 Å². The molecule has 2 aromatic heterocycles. The van der Waals surface area contributed by atoms with E-state index in [9.17, 15) is 9.59 Å². The lowest BCUT2D eigenvalue weighted by Gasteiger charge is -2.10. The van der Waals surface area contributed by atoms with Crippen molar-refractivity contribution in [3.8, 4) is 11.5 Å². The fraction of sp³-hybridized carbons (Fsp3) is 0.0870. The largest absolute Gasteiger partial charge is 0.459 e. The van der Waals surface area contributed by atoms with E-state index in [2.05, 4.69) is 20.9 Å². The van der Waals surface area contributed by atoms with Crippen molar-refractivity contribution < 1.29 is 18.4 Å². The number of urea groups is 1. The highest BCUT2D eigenvalue weighted by Crippen LogP contribution is 2.26. The maximum absolute atomic E-state index is 12.2. The number of nitrogens with zero attached hydrogens (tertiary/aromatic N) is 1. The first-order valence-electron chi connectivity index (χ1n) is 9.77. The third kappa shape index (κ3) is 5.35. The van der Waals surface area contributed by atoms with E-state index in [1.165, 1.54) is 6.26 Å². The third-order valence-corrected chi connectivity index (χ3v) is 4.77. The molecule has 32 heavy (non-hydrogen) atoms. The number of furan rings is 1. The van der Waals surface area contributed by atoms with Gasteiger partial charge in [-0.1, -0.05) is 29.8 Å². The first kappa shape index (κ1) is 21.2. The molecule has 0 aliphatic heterocycles. The minimum atomic E-state index is -0.418. The van der Waals surface area contributed by atoms with Gasteiger partial charge in [-0.05, 0) is 42.5 Å². The van der Waals surface area contributed by atoms with E-state index in [0.717, 1.165) is 11.3 Å². The summed E-state index contributed by atoms with van der Waals surface area (Å²) in [5.41, 5.74) is 2.52. The van der Waals surface area contributed by atoms with Gasteiger partial charge in [-0.25, -0.2) is 9.78 Å². The van der Waals surface area contributed by atoms with Crippen LogP contribution in [0.2, 0.25) is 5.02 Å². The molecule has 4 aromatic rings. The lowest BCUT2D eigenvalue weighted by molar-refractivity contribution is 0.0996. The van der Waals surface area contributed by atoms with E-state index >= 15 is 0 Å². The van der Waals surface area contributed by atoms with Crippen molar-refractivity contribution in [1.29, 1.82) is 0 Å². The SMILES string of the molecule is O=C(NCCc1coc(-c2ccccc2)n1)Nc1ccc(NC(=O)c2ccco2)c(Cl)c1. The Morgan fingerprint density at radius 3 is 2.56 bits per heavy atom. The molecule has 2 aromatic carbocycles. The fourth-order valence-electron chi connectivity index (χ4n) is 2.90. The van der Waals surface area contributed by atoms with Crippen LogP contribution >= 0.6 is 11.6 Å². The average Bonchev–Trinajstić information content (AvgIpc) is 3.49. The van der Waals surface area contributed by atoms with Gasteiger partial charge < -0.3 is 24.8 Å². The Hall–Kier alpha value is -4.04. The maximum Gasteiger partial charge on any atom is 0.319 e. The molecule has 4 rings (SSSR count). The average molecular weight is 451 g/mol. The highest BCUT2D eigenvalue weighted by Gasteiger charge is 2.12. The summed E-state index contributed by atoms with van der Waals surface area (Å²) in [6.07, 6.45) is 3.51. The van der Waals surface area contributed by atoms with Crippen molar-refractivity contribution in [3.05, 3.63) is 89.7 Å². The normalized spacial score (nSPS) is 10.5. The van der Waals surface area contributed by atoms with Gasteiger partial charge in [0.25, 0.3) is 5.91 Å². The number of benzene rings is 2. The number of carbonyl (C=O) groups excluding carboxylic acids is 2. The molecule has 3 amide bonds. The summed E-state index contributed by atoms with van der Waals surface area (Å²) < 4.78 is 10.5. The molecule has 0 aliphatic carbocycles. The molecule has 0 aliphatic rings. The standard InChI is InChI=1S/C23H19ClN4O4/c24-18-13-16(8-9-19(18)28-21(29)20-7-4-12-31-20)27-23(30)25-11-10-17-14-32-22(26-17)15-5-2-1-3-6-15/h1-9,12-14H,10-11H2,(H,28,29)(H2,25,27,30). The van der Waals surface area contributed by atoms with Crippen molar-refractivity contribution in [2.75, 3.05) is 17.2 Å². The number of halogens is 1. The van der Waals surface area contributed by atoms with Crippen LogP contribution in [0.1, 0.15) is 16.2 Å². The van der Waals surface area contributed by atoms with E-state index in [-0.39, 0.29) is 16.8 Å². The molecule has 9 heteroatoms. The molecule has 0 spiro atoms. The Bertz CT molecular complexity index is 1210. The number of hydrogen-bond acceptors (Lipinski definition) is 5. The van der Waals surface area contributed by atoms with Crippen molar-refractivity contribution in [3.63, 3.8) is 0 Å². The summed E-state index contributed by atoms with van der Waals surface area (Å²) in [6, 6.07) is 17.1. The van der Waals surface area contributed by atoms with Crippen molar-refractivity contribution in [1.82, 2.24) is 10.3 Å². The molecule has 0 atom stereocenters. The van der Waals surface area contributed by atoms with Crippen LogP contribution in [-0.4, -0.2) is 23.5 Å². The fourth-order valence-corrected chi connectivity index (χ4v) is 3.13. The van der Waals surface area contributed by atoms with Crippen LogP contribution in [0.4, 0.5) is 16.2 Å². The highest BCUT2D eigenvalue weighted by atomic mass is 35.5. The third-order valence-electron chi connectivity index (χ3n) is 4.46. The number of rotatable bonds is 7. The molecule has 0 unspecified atom stereocenters. The van der Waals surface area contributed by atoms with Crippen LogP contribution in [0.3, 0.4) is 0 Å². The highest BCUT2D eigenvalue weighted by molar-refractivity contribution is 6.34. The van der Waals surface area contributed by atoms with E-state index in [4.69, 9.17) is 20.4 Å². The number of aromatic nitrogens is 1. The quantitative estimate of drug-likeness (QED) is 0.358. The van der Waals surface area contributed by atoms with Crippen LogP contribution in [0, 0.1) is 0 Å². The van der Waals surface area contributed by atoms with Crippen LogP contribution in [0.5, 0.6) is 0 Å². The molecular formula is C23H19ClN4O4. The minimum absolute atomic E-state index is 0.172. The predicted molar refractivity (Wildman–Crippen MR) is 121 cm³/mol. The Morgan fingerprint density at radius 2 is 1.81 bits per heavy atom. The molecule has 0 bridgehead atoms. The molecule has 3 N–H and O–H groups in total. The number of nitrogens with one attached hydrogen (secondary N) is 3. The molecule has 0 saturated carbocycles. The Morgan fingerprint density at radius 1 is 0.969 bits per heavy atom. The van der Waals surface area contributed by atoms with Gasteiger partial charge in [0.1, 0.15) is 6.26 Å². The summed E-state index contributed by atoms with van der Waals surface area (Å²) >= 11 is 6.22. The van der Waals surface area contributed by atoms with Gasteiger partial charge in [0.05, 0.1) is 22.7 Å². The maximum atomic E-state index is 12.2. The lowest BCUT2D eigenvalue weighted by atomic mass is 10.2. The second-order valence-electron chi connectivity index (χ2n) is 6.77. The van der Waals surface area contributed by atoms with Crippen LogP contribution in [0.15, 0.2) is 82.0 Å². The Labute approximate surface area is 188 Å². The van der Waals surface area contributed by atoms with E-state index in [1.54, 1.807) is 36.6 Å².